The number of nitrogens with two attached hydrogens (primary N) is 1. The normalized spacial score (nSPS) is 23.9. The SMILES string of the molecule is COc1cc2cc(c1Cl)N(C)C(=O)C[C@H](OC(=O)Nc1ccc(NC(=O)[C@H](CCCNC(N)=O)NC(=O)[C@@H](NC(=O)CCCCCOC(=O)C(CBr)CBr)C(C)C)c3ncccc13)[C@]1(C)O[C@H]1[C@H](C)[C@@H]1C[C@@](O)(NC(=O)O1)[C@H](OC)/C=C/C=C(\C)C2. The number of epoxide rings is 1. The summed E-state index contributed by atoms with van der Waals surface area (Å²) in [5.74, 6) is -3.51. The summed E-state index contributed by atoms with van der Waals surface area (Å²) in [6.07, 6.45) is 2.56. The minimum absolute atomic E-state index is 0.0355. The lowest BCUT2D eigenvalue weighted by Crippen LogP contribution is -2.63. The van der Waals surface area contributed by atoms with Crippen LogP contribution < -0.4 is 47.3 Å². The summed E-state index contributed by atoms with van der Waals surface area (Å²) < 4.78 is 34.9. The molecule has 0 aliphatic carbocycles. The van der Waals surface area contributed by atoms with Crippen molar-refractivity contribution in [2.24, 2.45) is 23.5 Å². The number of amides is 8. The second kappa shape index (κ2) is 31.4. The highest BCUT2D eigenvalue weighted by Gasteiger charge is 2.64. The fourth-order valence-electron chi connectivity index (χ4n) is 10.3. The van der Waals surface area contributed by atoms with Crippen molar-refractivity contribution >= 4 is 119 Å². The van der Waals surface area contributed by atoms with Gasteiger partial charge in [0.25, 0.3) is 0 Å². The van der Waals surface area contributed by atoms with E-state index in [0.29, 0.717) is 53.2 Å². The molecule has 9 atom stereocenters. The molecule has 24 nitrogen and oxygen atoms in total. The molecule has 3 aromatic rings. The highest BCUT2D eigenvalue weighted by Crippen LogP contribution is 2.49. The zero-order chi connectivity index (χ0) is 63.0. The molecule has 2 fully saturated rings. The van der Waals surface area contributed by atoms with Crippen LogP contribution in [0.5, 0.6) is 5.75 Å². The van der Waals surface area contributed by atoms with E-state index in [1.165, 1.54) is 44.5 Å². The topological polar surface area (TPSA) is 330 Å². The summed E-state index contributed by atoms with van der Waals surface area (Å²) in [6.45, 7) is 9.13. The van der Waals surface area contributed by atoms with Crippen LogP contribution in [0.1, 0.15) is 91.5 Å². The number of halogens is 3. The van der Waals surface area contributed by atoms with Crippen molar-refractivity contribution in [3.63, 3.8) is 0 Å². The van der Waals surface area contributed by atoms with Gasteiger partial charge in [-0.25, -0.2) is 14.4 Å². The Kier molecular flexibility index (Phi) is 25.0. The van der Waals surface area contributed by atoms with Gasteiger partial charge in [-0.3, -0.25) is 39.6 Å². The van der Waals surface area contributed by atoms with Gasteiger partial charge < -0.3 is 65.4 Å². The van der Waals surface area contributed by atoms with Crippen LogP contribution in [0.25, 0.3) is 10.9 Å². The minimum atomic E-state index is -1.91. The largest absolute Gasteiger partial charge is 0.495 e. The minimum Gasteiger partial charge on any atom is -0.495 e. The van der Waals surface area contributed by atoms with Gasteiger partial charge in [0, 0.05) is 61.7 Å². The second-order valence-electron chi connectivity index (χ2n) is 22.1. The van der Waals surface area contributed by atoms with Crippen LogP contribution in [0.3, 0.4) is 0 Å². The molecule has 4 heterocycles. The molecule has 0 spiro atoms. The van der Waals surface area contributed by atoms with Crippen LogP contribution in [0.4, 0.5) is 31.4 Å². The first-order chi connectivity index (χ1) is 40.9. The lowest BCUT2D eigenvalue weighted by molar-refractivity contribution is -0.147. The Balaban J connectivity index is 1.21. The number of primary amides is 1. The van der Waals surface area contributed by atoms with Gasteiger partial charge in [-0.15, -0.1) is 0 Å². The smallest absolute Gasteiger partial charge is 0.412 e. The number of nitrogens with zero attached hydrogens (tertiary/aromatic N) is 2. The molecule has 2 aromatic carbocycles. The Hall–Kier alpha value is -6.58. The monoisotopic (exact) mass is 1350 g/mol. The van der Waals surface area contributed by atoms with Gasteiger partial charge >= 0.3 is 24.2 Å². The number of pyridine rings is 1. The molecule has 2 saturated heterocycles. The number of ether oxygens (including phenoxy) is 6. The maximum atomic E-state index is 14.6. The van der Waals surface area contributed by atoms with Crippen LogP contribution in [-0.4, -0.2) is 151 Å². The van der Waals surface area contributed by atoms with Crippen molar-refractivity contribution in [1.29, 1.82) is 0 Å². The molecule has 6 rings (SSSR count). The first kappa shape index (κ1) is 68.5. The lowest BCUT2D eigenvalue weighted by atomic mass is 9.83. The Labute approximate surface area is 521 Å². The molecule has 3 aliphatic heterocycles. The van der Waals surface area contributed by atoms with E-state index in [2.05, 4.69) is 68.7 Å². The predicted octanol–water partition coefficient (Wildman–Crippen LogP) is 7.44. The molecule has 9 N–H and O–H groups in total. The third kappa shape index (κ3) is 18.0. The molecular weight excluding hydrogens is 1270 g/mol. The summed E-state index contributed by atoms with van der Waals surface area (Å²) in [5.41, 5.74) is 4.59. The molecular formula is C59H78Br2ClN9O15. The number of allylic oxidation sites excluding steroid dienone is 3. The van der Waals surface area contributed by atoms with E-state index in [4.69, 9.17) is 45.8 Å². The molecule has 0 radical (unpaired) electrons. The number of carbonyl (C=O) groups is 8. The number of carbonyl (C=O) groups excluding carboxylic acids is 8. The Morgan fingerprint density at radius 2 is 1.73 bits per heavy atom. The van der Waals surface area contributed by atoms with E-state index in [0.717, 1.165) is 11.1 Å². The Morgan fingerprint density at radius 1 is 1.00 bits per heavy atom. The maximum Gasteiger partial charge on any atom is 0.412 e. The number of hydrogen-bond donors (Lipinski definition) is 8. The molecule has 470 valence electrons. The zero-order valence-corrected chi connectivity index (χ0v) is 53.4. The number of rotatable bonds is 23. The third-order valence-electron chi connectivity index (χ3n) is 15.3. The molecule has 8 amide bonds. The van der Waals surface area contributed by atoms with Gasteiger partial charge in [0.15, 0.2) is 5.72 Å². The van der Waals surface area contributed by atoms with Crippen LogP contribution >= 0.6 is 43.5 Å². The highest BCUT2D eigenvalue weighted by molar-refractivity contribution is 9.09. The van der Waals surface area contributed by atoms with Gasteiger partial charge in [-0.1, -0.05) is 88.0 Å². The van der Waals surface area contributed by atoms with Gasteiger partial charge in [0.2, 0.25) is 23.6 Å². The lowest BCUT2D eigenvalue weighted by Gasteiger charge is -2.42. The average molecular weight is 1350 g/mol. The average Bonchev–Trinajstić information content (AvgIpc) is 1.69. The van der Waals surface area contributed by atoms with Crippen molar-refractivity contribution < 1.29 is 71.9 Å². The van der Waals surface area contributed by atoms with Crippen LogP contribution in [0, 0.1) is 17.8 Å². The molecule has 86 heavy (non-hydrogen) atoms. The van der Waals surface area contributed by atoms with E-state index in [-0.39, 0.29) is 78.5 Å². The molecule has 3 aliphatic rings. The second-order valence-corrected chi connectivity index (χ2v) is 23.8. The molecule has 27 heteroatoms. The number of aliphatic hydroxyl groups is 1. The number of alkyl halides is 2. The van der Waals surface area contributed by atoms with E-state index < -0.39 is 102 Å². The number of benzene rings is 2. The third-order valence-corrected chi connectivity index (χ3v) is 17.3. The first-order valence-corrected chi connectivity index (χ1v) is 30.9. The number of esters is 1. The molecule has 0 unspecified atom stereocenters. The van der Waals surface area contributed by atoms with E-state index >= 15 is 0 Å². The number of hydrogen-bond acceptors (Lipinski definition) is 16. The predicted molar refractivity (Wildman–Crippen MR) is 329 cm³/mol. The van der Waals surface area contributed by atoms with Crippen molar-refractivity contribution in [3.8, 4) is 5.75 Å². The summed E-state index contributed by atoms with van der Waals surface area (Å²) in [4.78, 5) is 113. The van der Waals surface area contributed by atoms with Crippen molar-refractivity contribution in [2.75, 3.05) is 60.6 Å². The fraction of sp³-hybridized carbons (Fsp3) is 0.542. The summed E-state index contributed by atoms with van der Waals surface area (Å²) in [6, 6.07) is 6.79. The number of methoxy groups -OCH3 is 2. The van der Waals surface area contributed by atoms with Crippen LogP contribution in [-0.2, 0) is 54.1 Å². The number of unbranched alkanes of at least 4 members (excludes halogenated alkanes) is 2. The summed E-state index contributed by atoms with van der Waals surface area (Å²) in [5, 5.41) is 29.6. The van der Waals surface area contributed by atoms with Crippen LogP contribution in [0.2, 0.25) is 5.02 Å². The van der Waals surface area contributed by atoms with Crippen molar-refractivity contribution in [1.82, 2.24) is 26.3 Å². The van der Waals surface area contributed by atoms with E-state index in [1.807, 2.05) is 13.0 Å². The quantitative estimate of drug-likeness (QED) is 0.0150. The zero-order valence-electron chi connectivity index (χ0n) is 49.4. The van der Waals surface area contributed by atoms with Crippen molar-refractivity contribution in [3.05, 3.63) is 77.0 Å². The Bertz CT molecular complexity index is 3020. The summed E-state index contributed by atoms with van der Waals surface area (Å²) >= 11 is 13.5. The number of fused-ring (bicyclic) bond motifs is 6. The summed E-state index contributed by atoms with van der Waals surface area (Å²) in [7, 11) is 4.40. The number of nitrogens with one attached hydrogen (secondary N) is 6. The van der Waals surface area contributed by atoms with E-state index in [9.17, 15) is 43.5 Å². The van der Waals surface area contributed by atoms with Gasteiger partial charge in [-0.05, 0) is 100 Å². The first-order valence-electron chi connectivity index (χ1n) is 28.3. The Morgan fingerprint density at radius 3 is 2.42 bits per heavy atom. The fourth-order valence-corrected chi connectivity index (χ4v) is 12.2. The number of urea groups is 1. The van der Waals surface area contributed by atoms with Crippen LogP contribution in [0.15, 0.2) is 66.4 Å². The standard InChI is InChI=1S/C59H78Br2ClN9O15/c1-32(2)49(69-46(72)19-10-9-11-24-83-54(76)36(30-60)31-61)53(75)67-40(17-14-23-65-55(63)77)52(74)66-39-21-20-38(37-16-13-22-64-50(37)39)68-56(78)85-45-28-47(73)71(6)41-26-35(27-42(81-7)48(41)62)25-33(3)15-12-18-44(82-8)59(80)29-43(84-57(79)70-59)34(4)51-58(45,5)86-51/h12-13,15-16,18,20-22,26-27,32,34,36,40,43-45,49,51,80H,9-11,14,17,19,23-25,28-31H2,1-8H3,(H,66,74)(H,67,75)(H,68,78)(H,69,72)(H,70,79)(H3,63,65,77)/b18-12+,33-15+/t34-,40+,43+,44-,45+,49+,51+,58+,59+/m1/s1. The number of aromatic nitrogens is 1. The van der Waals surface area contributed by atoms with Gasteiger partial charge in [-0.2, -0.15) is 0 Å². The van der Waals surface area contributed by atoms with Gasteiger partial charge in [0.05, 0.1) is 54.7 Å². The van der Waals surface area contributed by atoms with E-state index in [1.54, 1.807) is 64.1 Å². The molecule has 4 bridgehead atoms. The maximum absolute atomic E-state index is 14.6. The molecule has 1 aromatic heterocycles. The molecule has 0 saturated carbocycles. The highest BCUT2D eigenvalue weighted by atomic mass is 79.9. The van der Waals surface area contributed by atoms with Crippen molar-refractivity contribution in [2.45, 2.75) is 140 Å². The van der Waals surface area contributed by atoms with Gasteiger partial charge in [0.1, 0.15) is 46.8 Å². The number of alkyl carbamates (subject to hydrolysis) is 1. The number of anilines is 3.